The minimum absolute atomic E-state index is 0.108. The Balaban J connectivity index is 2.51. The predicted molar refractivity (Wildman–Crippen MR) is 37.8 cm³/mol. The van der Waals surface area contributed by atoms with E-state index >= 15 is 0 Å². The quantitative estimate of drug-likeness (QED) is 0.466. The molecule has 1 aliphatic heterocycles. The maximum Gasteiger partial charge on any atom is 0.157 e. The Morgan fingerprint density at radius 2 is 2.09 bits per heavy atom. The van der Waals surface area contributed by atoms with Crippen LogP contribution in [0.4, 0.5) is 0 Å². The van der Waals surface area contributed by atoms with Gasteiger partial charge in [0.25, 0.3) is 0 Å². The highest BCUT2D eigenvalue weighted by molar-refractivity contribution is 4.78. The third-order valence-electron chi connectivity index (χ3n) is 2.15. The number of hydrogen-bond donors (Lipinski definition) is 3. The maximum absolute atomic E-state index is 9.30. The number of hydrogen-bond acceptors (Lipinski definition) is 4. The van der Waals surface area contributed by atoms with E-state index in [0.717, 1.165) is 0 Å². The number of ether oxygens (including phenoxy) is 1. The first-order valence-corrected chi connectivity index (χ1v) is 3.77. The van der Waals surface area contributed by atoms with Gasteiger partial charge in [0.15, 0.2) is 6.29 Å². The Kier molecular flexibility index (Phi) is 2.84. The first kappa shape index (κ1) is 8.93. The van der Waals surface area contributed by atoms with Gasteiger partial charge in [0.05, 0.1) is 18.8 Å². The molecule has 1 rings (SSSR count). The molecular formula is C7H14O4. The largest absolute Gasteiger partial charge is 0.394 e. The Labute approximate surface area is 65.4 Å². The molecular weight excluding hydrogens is 148 g/mol. The van der Waals surface area contributed by atoms with Crippen LogP contribution in [-0.4, -0.2) is 40.4 Å². The summed E-state index contributed by atoms with van der Waals surface area (Å²) in [6, 6.07) is 0. The summed E-state index contributed by atoms with van der Waals surface area (Å²) in [6.45, 7) is 1.63. The van der Waals surface area contributed by atoms with Crippen molar-refractivity contribution < 1.29 is 20.1 Å². The summed E-state index contributed by atoms with van der Waals surface area (Å²) in [6.07, 6.45) is -1.71. The number of rotatable bonds is 1. The van der Waals surface area contributed by atoms with Gasteiger partial charge in [-0.3, -0.25) is 0 Å². The van der Waals surface area contributed by atoms with Crippen molar-refractivity contribution in [1.82, 2.24) is 0 Å². The van der Waals surface area contributed by atoms with Gasteiger partial charge in [-0.1, -0.05) is 6.92 Å². The minimum Gasteiger partial charge on any atom is -0.394 e. The van der Waals surface area contributed by atoms with E-state index in [1.807, 2.05) is 0 Å². The van der Waals surface area contributed by atoms with Gasteiger partial charge >= 0.3 is 0 Å². The highest BCUT2D eigenvalue weighted by Crippen LogP contribution is 2.23. The predicted octanol–water partition coefficient (Wildman–Crippen LogP) is -0.917. The lowest BCUT2D eigenvalue weighted by molar-refractivity contribution is -0.219. The fraction of sp³-hybridized carbons (Fsp3) is 1.00. The van der Waals surface area contributed by atoms with Crippen molar-refractivity contribution in [2.45, 2.75) is 31.8 Å². The van der Waals surface area contributed by atoms with Gasteiger partial charge in [0.1, 0.15) is 0 Å². The first-order chi connectivity index (χ1) is 5.15. The van der Waals surface area contributed by atoms with Gasteiger partial charge in [-0.05, 0) is 0 Å². The van der Waals surface area contributed by atoms with E-state index in [0.29, 0.717) is 0 Å². The summed E-state index contributed by atoms with van der Waals surface area (Å²) in [5.41, 5.74) is 0. The zero-order valence-electron chi connectivity index (χ0n) is 6.47. The van der Waals surface area contributed by atoms with E-state index in [-0.39, 0.29) is 18.9 Å². The first-order valence-electron chi connectivity index (χ1n) is 3.77. The Morgan fingerprint density at radius 3 is 2.64 bits per heavy atom. The lowest BCUT2D eigenvalue weighted by Gasteiger charge is -2.34. The molecule has 0 spiro atoms. The molecule has 4 nitrogen and oxygen atoms in total. The van der Waals surface area contributed by atoms with Crippen LogP contribution in [0.3, 0.4) is 0 Å². The molecule has 0 radical (unpaired) electrons. The second-order valence-corrected chi connectivity index (χ2v) is 2.97. The van der Waals surface area contributed by atoms with Gasteiger partial charge in [0.2, 0.25) is 0 Å². The van der Waals surface area contributed by atoms with Crippen molar-refractivity contribution >= 4 is 0 Å². The average molecular weight is 162 g/mol. The van der Waals surface area contributed by atoms with Crippen molar-refractivity contribution in [1.29, 1.82) is 0 Å². The zero-order chi connectivity index (χ0) is 8.43. The van der Waals surface area contributed by atoms with Gasteiger partial charge in [-0.2, -0.15) is 0 Å². The Hall–Kier alpha value is -0.160. The highest BCUT2D eigenvalue weighted by Gasteiger charge is 2.33. The van der Waals surface area contributed by atoms with Crippen molar-refractivity contribution in [2.75, 3.05) is 6.61 Å². The van der Waals surface area contributed by atoms with E-state index in [2.05, 4.69) is 0 Å². The van der Waals surface area contributed by atoms with Gasteiger partial charge in [-0.15, -0.1) is 0 Å². The van der Waals surface area contributed by atoms with Gasteiger partial charge in [-0.25, -0.2) is 0 Å². The van der Waals surface area contributed by atoms with Gasteiger partial charge in [0, 0.05) is 12.3 Å². The molecule has 1 saturated heterocycles. The molecule has 3 N–H and O–H groups in total. The average Bonchev–Trinajstić information content (AvgIpc) is 1.96. The molecule has 0 saturated carbocycles. The number of aliphatic hydroxyl groups excluding tert-OH is 3. The van der Waals surface area contributed by atoms with Crippen LogP contribution in [0.15, 0.2) is 0 Å². The summed E-state index contributed by atoms with van der Waals surface area (Å²) in [4.78, 5) is 0. The second-order valence-electron chi connectivity index (χ2n) is 2.97. The molecule has 0 aromatic heterocycles. The lowest BCUT2D eigenvalue weighted by Crippen LogP contribution is -2.44. The molecule has 1 aliphatic rings. The van der Waals surface area contributed by atoms with E-state index in [4.69, 9.17) is 14.9 Å². The molecule has 4 heteroatoms. The van der Waals surface area contributed by atoms with E-state index in [1.165, 1.54) is 0 Å². The standard InChI is InChI=1S/C7H14O4/c1-4-5(9)2-7(10)11-6(4)3-8/h4-10H,2-3H2,1H3/t4-,5+,6+,7?/m0/s1. The molecule has 66 valence electrons. The van der Waals surface area contributed by atoms with Crippen LogP contribution in [0.2, 0.25) is 0 Å². The minimum atomic E-state index is -0.932. The van der Waals surface area contributed by atoms with Crippen LogP contribution >= 0.6 is 0 Å². The molecule has 0 aromatic carbocycles. The molecule has 1 fully saturated rings. The van der Waals surface area contributed by atoms with Crippen molar-refractivity contribution in [2.24, 2.45) is 5.92 Å². The molecule has 0 bridgehead atoms. The zero-order valence-corrected chi connectivity index (χ0v) is 6.47. The molecule has 0 aromatic rings. The normalized spacial score (nSPS) is 45.8. The van der Waals surface area contributed by atoms with Crippen molar-refractivity contribution in [3.63, 3.8) is 0 Å². The van der Waals surface area contributed by atoms with Gasteiger partial charge < -0.3 is 20.1 Å². The van der Waals surface area contributed by atoms with E-state index < -0.39 is 18.5 Å². The van der Waals surface area contributed by atoms with Crippen LogP contribution in [0.1, 0.15) is 13.3 Å². The highest BCUT2D eigenvalue weighted by atomic mass is 16.6. The van der Waals surface area contributed by atoms with Crippen LogP contribution < -0.4 is 0 Å². The molecule has 4 atom stereocenters. The van der Waals surface area contributed by atoms with Crippen LogP contribution in [0.25, 0.3) is 0 Å². The fourth-order valence-corrected chi connectivity index (χ4v) is 1.26. The van der Waals surface area contributed by atoms with Crippen LogP contribution in [-0.2, 0) is 4.74 Å². The monoisotopic (exact) mass is 162 g/mol. The topological polar surface area (TPSA) is 69.9 Å². The molecule has 11 heavy (non-hydrogen) atoms. The van der Waals surface area contributed by atoms with E-state index in [1.54, 1.807) is 6.92 Å². The molecule has 0 amide bonds. The summed E-state index contributed by atoms with van der Waals surface area (Å²) in [5, 5.41) is 27.1. The van der Waals surface area contributed by atoms with Crippen LogP contribution in [0, 0.1) is 5.92 Å². The van der Waals surface area contributed by atoms with Crippen LogP contribution in [0.5, 0.6) is 0 Å². The summed E-state index contributed by atoms with van der Waals surface area (Å²) in [5.74, 6) is -0.108. The third-order valence-corrected chi connectivity index (χ3v) is 2.15. The number of aliphatic hydroxyl groups is 3. The molecule has 1 heterocycles. The fourth-order valence-electron chi connectivity index (χ4n) is 1.26. The lowest BCUT2D eigenvalue weighted by atomic mass is 9.93. The maximum atomic E-state index is 9.30. The Morgan fingerprint density at radius 1 is 1.45 bits per heavy atom. The summed E-state index contributed by atoms with van der Waals surface area (Å²) >= 11 is 0. The summed E-state index contributed by atoms with van der Waals surface area (Å²) in [7, 11) is 0. The smallest absolute Gasteiger partial charge is 0.157 e. The second kappa shape index (κ2) is 3.49. The molecule has 0 aliphatic carbocycles. The SMILES string of the molecule is C[C@H]1[C@H](O)CC(O)O[C@@H]1CO. The third kappa shape index (κ3) is 1.90. The van der Waals surface area contributed by atoms with E-state index in [9.17, 15) is 5.11 Å². The summed E-state index contributed by atoms with van der Waals surface area (Å²) < 4.78 is 4.96. The van der Waals surface area contributed by atoms with Crippen molar-refractivity contribution in [3.8, 4) is 0 Å². The van der Waals surface area contributed by atoms with Crippen molar-refractivity contribution in [3.05, 3.63) is 0 Å². The molecule has 1 unspecified atom stereocenters. The Bertz CT molecular complexity index is 128.